The van der Waals surface area contributed by atoms with E-state index in [9.17, 15) is 9.18 Å². The first-order valence-corrected chi connectivity index (χ1v) is 7.73. The van der Waals surface area contributed by atoms with Crippen LogP contribution in [0.4, 0.5) is 4.39 Å². The zero-order chi connectivity index (χ0) is 15.8. The van der Waals surface area contributed by atoms with Gasteiger partial charge in [-0.25, -0.2) is 9.37 Å². The van der Waals surface area contributed by atoms with Gasteiger partial charge in [-0.15, -0.1) is 0 Å². The molecule has 1 heterocycles. The highest BCUT2D eigenvalue weighted by molar-refractivity contribution is 6.32. The first kappa shape index (κ1) is 17.9. The Balaban J connectivity index is 2.67. The third-order valence-electron chi connectivity index (χ3n) is 3.50. The average molecular weight is 316 g/mol. The fourth-order valence-corrected chi connectivity index (χ4v) is 2.36. The summed E-state index contributed by atoms with van der Waals surface area (Å²) in [5, 5.41) is 0.0450. The third kappa shape index (κ3) is 5.25. The number of carbonyl (C=O) groups is 1. The molecule has 21 heavy (non-hydrogen) atoms. The molecule has 1 rings (SSSR count). The Bertz CT molecular complexity index is 466. The quantitative estimate of drug-likeness (QED) is 0.692. The van der Waals surface area contributed by atoms with Crippen molar-refractivity contribution >= 4 is 17.5 Å². The molecule has 0 radical (unpaired) electrons. The molecule has 0 unspecified atom stereocenters. The summed E-state index contributed by atoms with van der Waals surface area (Å²) in [7, 11) is 0. The maximum Gasteiger partial charge on any atom is 0.257 e. The SMILES string of the molecule is CCN(CC)CCCN(CC)C(=O)c1cc(F)cnc1Cl. The summed E-state index contributed by atoms with van der Waals surface area (Å²) < 4.78 is 13.2. The van der Waals surface area contributed by atoms with E-state index in [-0.39, 0.29) is 16.6 Å². The minimum Gasteiger partial charge on any atom is -0.339 e. The molecule has 0 N–H and O–H groups in total. The number of rotatable bonds is 8. The van der Waals surface area contributed by atoms with Crippen LogP contribution in [0.1, 0.15) is 37.6 Å². The Morgan fingerprint density at radius 2 is 1.90 bits per heavy atom. The highest BCUT2D eigenvalue weighted by Gasteiger charge is 2.18. The zero-order valence-corrected chi connectivity index (χ0v) is 13.7. The monoisotopic (exact) mass is 315 g/mol. The van der Waals surface area contributed by atoms with Gasteiger partial charge in [0.05, 0.1) is 11.8 Å². The predicted octanol–water partition coefficient (Wildman–Crippen LogP) is 3.07. The van der Waals surface area contributed by atoms with Gasteiger partial charge < -0.3 is 9.80 Å². The van der Waals surface area contributed by atoms with Crippen LogP contribution in [0, 0.1) is 5.82 Å². The molecule has 0 aromatic carbocycles. The zero-order valence-electron chi connectivity index (χ0n) is 12.9. The van der Waals surface area contributed by atoms with E-state index in [0.717, 1.165) is 38.3 Å². The van der Waals surface area contributed by atoms with Crippen LogP contribution in [0.25, 0.3) is 0 Å². The normalized spacial score (nSPS) is 11.0. The molecule has 0 saturated carbocycles. The van der Waals surface area contributed by atoms with Gasteiger partial charge in [-0.1, -0.05) is 25.4 Å². The Kier molecular flexibility index (Phi) is 7.61. The number of carbonyl (C=O) groups excluding carboxylic acids is 1. The summed E-state index contributed by atoms with van der Waals surface area (Å²) >= 11 is 5.89. The predicted molar refractivity (Wildman–Crippen MR) is 83.2 cm³/mol. The molecule has 0 spiro atoms. The first-order valence-electron chi connectivity index (χ1n) is 7.36. The second-order valence-electron chi connectivity index (χ2n) is 4.76. The van der Waals surface area contributed by atoms with Crippen molar-refractivity contribution in [2.24, 2.45) is 0 Å². The lowest BCUT2D eigenvalue weighted by Gasteiger charge is -2.24. The van der Waals surface area contributed by atoms with E-state index < -0.39 is 5.82 Å². The van der Waals surface area contributed by atoms with Gasteiger partial charge in [0.15, 0.2) is 0 Å². The van der Waals surface area contributed by atoms with E-state index in [1.807, 2.05) is 6.92 Å². The second-order valence-corrected chi connectivity index (χ2v) is 5.12. The number of hydrogen-bond donors (Lipinski definition) is 0. The number of amides is 1. The molecule has 0 bridgehead atoms. The Hall–Kier alpha value is -1.20. The summed E-state index contributed by atoms with van der Waals surface area (Å²) in [6.07, 6.45) is 1.89. The fourth-order valence-electron chi connectivity index (χ4n) is 2.17. The van der Waals surface area contributed by atoms with Crippen LogP contribution in [0.3, 0.4) is 0 Å². The molecule has 0 aliphatic carbocycles. The standard InChI is InChI=1S/C15H23ClFN3O/c1-4-19(5-2)8-7-9-20(6-3)15(21)13-10-12(17)11-18-14(13)16/h10-11H,4-9H2,1-3H3. The minimum atomic E-state index is -0.554. The van der Waals surface area contributed by atoms with Crippen LogP contribution in [0.15, 0.2) is 12.3 Å². The van der Waals surface area contributed by atoms with E-state index in [1.54, 1.807) is 4.90 Å². The topological polar surface area (TPSA) is 36.4 Å². The van der Waals surface area contributed by atoms with Crippen molar-refractivity contribution in [1.82, 2.24) is 14.8 Å². The van der Waals surface area contributed by atoms with Gasteiger partial charge in [0.25, 0.3) is 5.91 Å². The molecular formula is C15H23ClFN3O. The summed E-state index contributed by atoms with van der Waals surface area (Å²) in [4.78, 5) is 20.0. The molecule has 0 aliphatic rings. The van der Waals surface area contributed by atoms with Crippen LogP contribution < -0.4 is 0 Å². The van der Waals surface area contributed by atoms with Crippen LogP contribution >= 0.6 is 11.6 Å². The molecule has 0 saturated heterocycles. The Morgan fingerprint density at radius 3 is 2.48 bits per heavy atom. The molecular weight excluding hydrogens is 293 g/mol. The molecule has 1 aromatic rings. The van der Waals surface area contributed by atoms with E-state index in [2.05, 4.69) is 23.7 Å². The molecule has 4 nitrogen and oxygen atoms in total. The second kappa shape index (κ2) is 8.95. The van der Waals surface area contributed by atoms with Crippen molar-refractivity contribution in [3.8, 4) is 0 Å². The summed E-state index contributed by atoms with van der Waals surface area (Å²) in [6, 6.07) is 1.14. The largest absolute Gasteiger partial charge is 0.339 e. The van der Waals surface area contributed by atoms with Gasteiger partial charge in [0.2, 0.25) is 0 Å². The van der Waals surface area contributed by atoms with Crippen molar-refractivity contribution in [3.05, 3.63) is 28.8 Å². The summed E-state index contributed by atoms with van der Waals surface area (Å²) in [5.74, 6) is -0.823. The van der Waals surface area contributed by atoms with Gasteiger partial charge in [0, 0.05) is 13.1 Å². The average Bonchev–Trinajstić information content (AvgIpc) is 2.49. The molecule has 0 aliphatic heterocycles. The van der Waals surface area contributed by atoms with E-state index in [4.69, 9.17) is 11.6 Å². The van der Waals surface area contributed by atoms with Gasteiger partial charge in [0.1, 0.15) is 11.0 Å². The number of halogens is 2. The number of aromatic nitrogens is 1. The summed E-state index contributed by atoms with van der Waals surface area (Å²) in [6.45, 7) is 10.2. The molecule has 0 atom stereocenters. The van der Waals surface area contributed by atoms with E-state index >= 15 is 0 Å². The van der Waals surface area contributed by atoms with Crippen LogP contribution in [-0.2, 0) is 0 Å². The molecule has 0 fully saturated rings. The highest BCUT2D eigenvalue weighted by atomic mass is 35.5. The molecule has 6 heteroatoms. The van der Waals surface area contributed by atoms with Gasteiger partial charge in [-0.3, -0.25) is 4.79 Å². The van der Waals surface area contributed by atoms with Gasteiger partial charge >= 0.3 is 0 Å². The minimum absolute atomic E-state index is 0.0450. The molecule has 1 amide bonds. The third-order valence-corrected chi connectivity index (χ3v) is 3.80. The lowest BCUT2D eigenvalue weighted by Crippen LogP contribution is -2.34. The number of pyridine rings is 1. The van der Waals surface area contributed by atoms with Crippen molar-refractivity contribution in [2.75, 3.05) is 32.7 Å². The van der Waals surface area contributed by atoms with Crippen molar-refractivity contribution in [3.63, 3.8) is 0 Å². The molecule has 118 valence electrons. The smallest absolute Gasteiger partial charge is 0.257 e. The van der Waals surface area contributed by atoms with E-state index in [1.165, 1.54) is 0 Å². The number of nitrogens with zero attached hydrogens (tertiary/aromatic N) is 3. The van der Waals surface area contributed by atoms with Crippen molar-refractivity contribution in [2.45, 2.75) is 27.2 Å². The van der Waals surface area contributed by atoms with Crippen molar-refractivity contribution < 1.29 is 9.18 Å². The summed E-state index contributed by atoms with van der Waals surface area (Å²) in [5.41, 5.74) is 0.126. The lowest BCUT2D eigenvalue weighted by atomic mass is 10.2. The van der Waals surface area contributed by atoms with Crippen LogP contribution in [0.2, 0.25) is 5.15 Å². The fraction of sp³-hybridized carbons (Fsp3) is 0.600. The highest BCUT2D eigenvalue weighted by Crippen LogP contribution is 2.16. The van der Waals surface area contributed by atoms with Gasteiger partial charge in [-0.05, 0) is 39.0 Å². The van der Waals surface area contributed by atoms with E-state index in [0.29, 0.717) is 13.1 Å². The number of hydrogen-bond acceptors (Lipinski definition) is 3. The van der Waals surface area contributed by atoms with Crippen molar-refractivity contribution in [1.29, 1.82) is 0 Å². The van der Waals surface area contributed by atoms with Crippen LogP contribution in [-0.4, -0.2) is 53.4 Å². The maximum atomic E-state index is 13.2. The van der Waals surface area contributed by atoms with Gasteiger partial charge in [-0.2, -0.15) is 0 Å². The molecule has 1 aromatic heterocycles. The maximum absolute atomic E-state index is 13.2. The Morgan fingerprint density at radius 1 is 1.24 bits per heavy atom. The first-order chi connectivity index (χ1) is 10.0. The lowest BCUT2D eigenvalue weighted by molar-refractivity contribution is 0.0756. The van der Waals surface area contributed by atoms with Crippen LogP contribution in [0.5, 0.6) is 0 Å². The Labute approximate surface area is 130 Å².